The largest absolute Gasteiger partial charge is 0.361 e. The lowest BCUT2D eigenvalue weighted by Crippen LogP contribution is -2.25. The molecule has 0 aliphatic rings. The van der Waals surface area contributed by atoms with Crippen LogP contribution in [-0.2, 0) is 0 Å². The molecule has 1 N–H and O–H groups in total. The molecule has 0 aliphatic carbocycles. The zero-order valence-corrected chi connectivity index (χ0v) is 13.4. The topological polar surface area (TPSA) is 37.8 Å². The predicted octanol–water partition coefficient (Wildman–Crippen LogP) is 4.95. The second-order valence-corrected chi connectivity index (χ2v) is 7.69. The monoisotopic (exact) mass is 303 g/mol. The van der Waals surface area contributed by atoms with Crippen molar-refractivity contribution in [3.05, 3.63) is 40.2 Å². The van der Waals surface area contributed by atoms with Gasteiger partial charge in [-0.2, -0.15) is 0 Å². The highest BCUT2D eigenvalue weighted by Gasteiger charge is 2.28. The van der Waals surface area contributed by atoms with Crippen LogP contribution in [0.3, 0.4) is 0 Å². The van der Waals surface area contributed by atoms with E-state index in [4.69, 9.17) is 0 Å². The smallest absolute Gasteiger partial charge is 0.138 e. The van der Waals surface area contributed by atoms with Gasteiger partial charge in [0.15, 0.2) is 0 Å². The van der Waals surface area contributed by atoms with E-state index in [1.54, 1.807) is 29.0 Å². The molecule has 0 spiro atoms. The molecule has 0 fully saturated rings. The molecule has 5 heteroatoms. The zero-order chi connectivity index (χ0) is 14.2. The summed E-state index contributed by atoms with van der Waals surface area (Å²) in [7, 11) is 0. The summed E-state index contributed by atoms with van der Waals surface area (Å²) in [6, 6.07) is 6.59. The first-order valence-corrected chi connectivity index (χ1v) is 8.30. The molecule has 0 saturated heterocycles. The van der Waals surface area contributed by atoms with Crippen LogP contribution in [0.15, 0.2) is 35.3 Å². The van der Waals surface area contributed by atoms with Gasteiger partial charge in [-0.1, -0.05) is 26.8 Å². The lowest BCUT2D eigenvalue weighted by atomic mass is 9.85. The molecule has 3 heterocycles. The highest BCUT2D eigenvalue weighted by molar-refractivity contribution is 7.16. The molecule has 1 atom stereocenters. The van der Waals surface area contributed by atoms with Crippen molar-refractivity contribution in [2.75, 3.05) is 5.32 Å². The third kappa shape index (κ3) is 2.55. The Morgan fingerprint density at radius 1 is 1.10 bits per heavy atom. The second kappa shape index (κ2) is 5.14. The summed E-state index contributed by atoms with van der Waals surface area (Å²) in [5.74, 6) is 0.921. The van der Waals surface area contributed by atoms with Gasteiger partial charge in [-0.25, -0.2) is 9.97 Å². The quantitative estimate of drug-likeness (QED) is 0.743. The fourth-order valence-corrected chi connectivity index (χ4v) is 3.96. The van der Waals surface area contributed by atoms with E-state index in [1.165, 1.54) is 4.88 Å². The van der Waals surface area contributed by atoms with Crippen molar-refractivity contribution in [1.82, 2.24) is 9.97 Å². The fourth-order valence-electron chi connectivity index (χ4n) is 2.21. The molecule has 0 bridgehead atoms. The number of thiophene rings is 2. The third-order valence-electron chi connectivity index (χ3n) is 3.24. The van der Waals surface area contributed by atoms with Crippen LogP contribution < -0.4 is 5.32 Å². The average molecular weight is 303 g/mol. The standard InChI is InChI=1S/C15H17N3S2/c1-15(2,3)12(11-5-4-7-19-11)18-13-10-6-8-20-14(10)17-9-16-13/h4-9,12H,1-3H3,(H,16,17,18). The van der Waals surface area contributed by atoms with E-state index in [1.807, 2.05) is 0 Å². The molecule has 3 rings (SSSR count). The maximum atomic E-state index is 4.43. The van der Waals surface area contributed by atoms with Gasteiger partial charge in [0.2, 0.25) is 0 Å². The Balaban J connectivity index is 2.00. The van der Waals surface area contributed by atoms with E-state index < -0.39 is 0 Å². The summed E-state index contributed by atoms with van der Waals surface area (Å²) < 4.78 is 0. The van der Waals surface area contributed by atoms with Crippen molar-refractivity contribution in [3.63, 3.8) is 0 Å². The van der Waals surface area contributed by atoms with Gasteiger partial charge in [0.05, 0.1) is 11.4 Å². The number of anilines is 1. The molecule has 0 aromatic carbocycles. The summed E-state index contributed by atoms with van der Waals surface area (Å²) in [5.41, 5.74) is 0.109. The minimum Gasteiger partial charge on any atom is -0.361 e. The van der Waals surface area contributed by atoms with E-state index in [-0.39, 0.29) is 11.5 Å². The van der Waals surface area contributed by atoms with Gasteiger partial charge in [-0.3, -0.25) is 0 Å². The van der Waals surface area contributed by atoms with E-state index >= 15 is 0 Å². The number of hydrogen-bond donors (Lipinski definition) is 1. The number of rotatable bonds is 3. The molecule has 3 aromatic heterocycles. The summed E-state index contributed by atoms with van der Waals surface area (Å²) in [4.78, 5) is 11.1. The Morgan fingerprint density at radius 2 is 1.95 bits per heavy atom. The minimum absolute atomic E-state index is 0.109. The average Bonchev–Trinajstić information content (AvgIpc) is 3.05. The van der Waals surface area contributed by atoms with Gasteiger partial charge < -0.3 is 5.32 Å². The first kappa shape index (κ1) is 13.5. The normalized spacial score (nSPS) is 13.6. The Morgan fingerprint density at radius 3 is 2.65 bits per heavy atom. The molecule has 3 aromatic rings. The van der Waals surface area contributed by atoms with Crippen molar-refractivity contribution < 1.29 is 0 Å². The Hall–Kier alpha value is -1.46. The van der Waals surface area contributed by atoms with Crippen molar-refractivity contribution in [2.24, 2.45) is 5.41 Å². The summed E-state index contributed by atoms with van der Waals surface area (Å²) >= 11 is 3.43. The van der Waals surface area contributed by atoms with Crippen LogP contribution in [0, 0.1) is 5.41 Å². The van der Waals surface area contributed by atoms with Gasteiger partial charge in [0.1, 0.15) is 17.0 Å². The molecule has 20 heavy (non-hydrogen) atoms. The second-order valence-electron chi connectivity index (χ2n) is 5.82. The fraction of sp³-hybridized carbons (Fsp3) is 0.333. The molecular weight excluding hydrogens is 286 g/mol. The van der Waals surface area contributed by atoms with Gasteiger partial charge in [0, 0.05) is 4.88 Å². The van der Waals surface area contributed by atoms with Gasteiger partial charge in [-0.15, -0.1) is 22.7 Å². The number of aromatic nitrogens is 2. The highest BCUT2D eigenvalue weighted by atomic mass is 32.1. The zero-order valence-electron chi connectivity index (χ0n) is 11.8. The third-order valence-corrected chi connectivity index (χ3v) is 4.99. The van der Waals surface area contributed by atoms with E-state index in [9.17, 15) is 0 Å². The maximum absolute atomic E-state index is 4.43. The number of hydrogen-bond acceptors (Lipinski definition) is 5. The van der Waals surface area contributed by atoms with Crippen LogP contribution in [0.5, 0.6) is 0 Å². The lowest BCUT2D eigenvalue weighted by Gasteiger charge is -2.31. The van der Waals surface area contributed by atoms with Gasteiger partial charge in [-0.05, 0) is 28.3 Å². The van der Waals surface area contributed by atoms with Crippen LogP contribution in [0.2, 0.25) is 0 Å². The van der Waals surface area contributed by atoms with Crippen molar-refractivity contribution in [1.29, 1.82) is 0 Å². The van der Waals surface area contributed by atoms with Crippen LogP contribution >= 0.6 is 22.7 Å². The molecule has 0 amide bonds. The molecule has 1 unspecified atom stereocenters. The van der Waals surface area contributed by atoms with Crippen molar-refractivity contribution >= 4 is 38.7 Å². The SMILES string of the molecule is CC(C)(C)C(Nc1ncnc2sccc12)c1cccs1. The first-order chi connectivity index (χ1) is 9.55. The molecule has 0 radical (unpaired) electrons. The van der Waals surface area contributed by atoms with Crippen LogP contribution in [-0.4, -0.2) is 9.97 Å². The highest BCUT2D eigenvalue weighted by Crippen LogP contribution is 2.38. The van der Waals surface area contributed by atoms with E-state index in [2.05, 4.69) is 65.0 Å². The van der Waals surface area contributed by atoms with Crippen LogP contribution in [0.25, 0.3) is 10.2 Å². The van der Waals surface area contributed by atoms with Crippen LogP contribution in [0.4, 0.5) is 5.82 Å². The number of nitrogens with zero attached hydrogens (tertiary/aromatic N) is 2. The molecule has 0 saturated carbocycles. The Labute approximate surface area is 126 Å². The van der Waals surface area contributed by atoms with Gasteiger partial charge >= 0.3 is 0 Å². The lowest BCUT2D eigenvalue weighted by molar-refractivity contribution is 0.351. The van der Waals surface area contributed by atoms with E-state index in [0.29, 0.717) is 0 Å². The predicted molar refractivity (Wildman–Crippen MR) is 87.6 cm³/mol. The minimum atomic E-state index is 0.109. The molecule has 0 aliphatic heterocycles. The number of nitrogens with one attached hydrogen (secondary N) is 1. The summed E-state index contributed by atoms with van der Waals surface area (Å²) in [6.07, 6.45) is 1.63. The molecule has 3 nitrogen and oxygen atoms in total. The number of fused-ring (bicyclic) bond motifs is 1. The summed E-state index contributed by atoms with van der Waals surface area (Å²) in [6.45, 7) is 6.74. The van der Waals surface area contributed by atoms with Gasteiger partial charge in [0.25, 0.3) is 0 Å². The maximum Gasteiger partial charge on any atom is 0.138 e. The molecular formula is C15H17N3S2. The Kier molecular flexibility index (Phi) is 3.48. The Bertz CT molecular complexity index is 695. The molecule has 104 valence electrons. The summed E-state index contributed by atoms with van der Waals surface area (Å²) in [5, 5.41) is 8.89. The van der Waals surface area contributed by atoms with Crippen molar-refractivity contribution in [3.8, 4) is 0 Å². The van der Waals surface area contributed by atoms with Crippen LogP contribution in [0.1, 0.15) is 31.7 Å². The van der Waals surface area contributed by atoms with E-state index in [0.717, 1.165) is 16.0 Å². The van der Waals surface area contributed by atoms with Crippen molar-refractivity contribution in [2.45, 2.75) is 26.8 Å². The first-order valence-electron chi connectivity index (χ1n) is 6.54.